The van der Waals surface area contributed by atoms with Gasteiger partial charge in [-0.05, 0) is 44.2 Å². The molecule has 0 aromatic rings. The summed E-state index contributed by atoms with van der Waals surface area (Å²) >= 11 is 1.87. The standard InChI is InChI=1S/C11H22N2OS/c1-15-8-3-2-7-13-11(14)10-5-4-6-12-9-10/h10,12H,2-9H2,1H3,(H,13,14)/t10-/m0/s1. The summed E-state index contributed by atoms with van der Waals surface area (Å²) in [6, 6.07) is 0. The molecule has 1 saturated heterocycles. The molecule has 0 radical (unpaired) electrons. The first-order chi connectivity index (χ1) is 7.34. The van der Waals surface area contributed by atoms with E-state index in [0.717, 1.165) is 38.9 Å². The fraction of sp³-hybridized carbons (Fsp3) is 0.909. The summed E-state index contributed by atoms with van der Waals surface area (Å²) in [6.07, 6.45) is 6.59. The molecule has 0 aromatic heterocycles. The van der Waals surface area contributed by atoms with Crippen molar-refractivity contribution < 1.29 is 4.79 Å². The van der Waals surface area contributed by atoms with Crippen molar-refractivity contribution in [3.05, 3.63) is 0 Å². The van der Waals surface area contributed by atoms with E-state index in [-0.39, 0.29) is 11.8 Å². The molecular formula is C11H22N2OS. The van der Waals surface area contributed by atoms with Crippen molar-refractivity contribution in [2.75, 3.05) is 31.6 Å². The first-order valence-electron chi connectivity index (χ1n) is 5.82. The van der Waals surface area contributed by atoms with E-state index in [1.54, 1.807) is 0 Å². The van der Waals surface area contributed by atoms with E-state index in [0.29, 0.717) is 0 Å². The van der Waals surface area contributed by atoms with Crippen LogP contribution in [0.5, 0.6) is 0 Å². The molecule has 1 amide bonds. The number of hydrogen-bond donors (Lipinski definition) is 2. The molecule has 0 aromatic carbocycles. The van der Waals surface area contributed by atoms with E-state index in [9.17, 15) is 4.79 Å². The normalized spacial score (nSPS) is 21.3. The van der Waals surface area contributed by atoms with Gasteiger partial charge < -0.3 is 10.6 Å². The molecule has 0 bridgehead atoms. The zero-order chi connectivity index (χ0) is 10.9. The van der Waals surface area contributed by atoms with Crippen LogP contribution < -0.4 is 10.6 Å². The van der Waals surface area contributed by atoms with Crippen LogP contribution in [0.1, 0.15) is 25.7 Å². The van der Waals surface area contributed by atoms with E-state index < -0.39 is 0 Å². The Morgan fingerprint density at radius 1 is 1.53 bits per heavy atom. The smallest absolute Gasteiger partial charge is 0.224 e. The molecule has 0 saturated carbocycles. The molecule has 1 rings (SSSR count). The van der Waals surface area contributed by atoms with E-state index in [2.05, 4.69) is 16.9 Å². The van der Waals surface area contributed by atoms with E-state index in [1.807, 2.05) is 11.8 Å². The number of piperidine rings is 1. The summed E-state index contributed by atoms with van der Waals surface area (Å²) in [6.45, 7) is 2.77. The van der Waals surface area contributed by atoms with Gasteiger partial charge in [-0.2, -0.15) is 11.8 Å². The van der Waals surface area contributed by atoms with Crippen LogP contribution in [-0.4, -0.2) is 37.6 Å². The number of carbonyl (C=O) groups is 1. The van der Waals surface area contributed by atoms with Crippen molar-refractivity contribution in [1.82, 2.24) is 10.6 Å². The Morgan fingerprint density at radius 3 is 3.07 bits per heavy atom. The van der Waals surface area contributed by atoms with Crippen LogP contribution >= 0.6 is 11.8 Å². The van der Waals surface area contributed by atoms with Gasteiger partial charge in [-0.15, -0.1) is 0 Å². The topological polar surface area (TPSA) is 41.1 Å². The maximum atomic E-state index is 11.7. The molecule has 4 heteroatoms. The highest BCUT2D eigenvalue weighted by atomic mass is 32.2. The summed E-state index contributed by atoms with van der Waals surface area (Å²) in [4.78, 5) is 11.7. The largest absolute Gasteiger partial charge is 0.356 e. The zero-order valence-corrected chi connectivity index (χ0v) is 10.4. The molecule has 1 fully saturated rings. The van der Waals surface area contributed by atoms with Gasteiger partial charge in [0.05, 0.1) is 5.92 Å². The van der Waals surface area contributed by atoms with Crippen molar-refractivity contribution >= 4 is 17.7 Å². The van der Waals surface area contributed by atoms with Crippen molar-refractivity contribution in [3.63, 3.8) is 0 Å². The Morgan fingerprint density at radius 2 is 2.40 bits per heavy atom. The Hall–Kier alpha value is -0.220. The highest BCUT2D eigenvalue weighted by Crippen LogP contribution is 2.09. The van der Waals surface area contributed by atoms with Crippen LogP contribution in [0, 0.1) is 5.92 Å². The van der Waals surface area contributed by atoms with Crippen LogP contribution in [0.2, 0.25) is 0 Å². The number of unbranched alkanes of at least 4 members (excludes halogenated alkanes) is 1. The third-order valence-electron chi connectivity index (χ3n) is 2.74. The fourth-order valence-corrected chi connectivity index (χ4v) is 2.30. The molecule has 15 heavy (non-hydrogen) atoms. The SMILES string of the molecule is CSCCCCNC(=O)[C@H]1CCCNC1. The number of nitrogens with one attached hydrogen (secondary N) is 2. The first kappa shape index (κ1) is 12.8. The fourth-order valence-electron chi connectivity index (χ4n) is 1.80. The predicted molar refractivity (Wildman–Crippen MR) is 66.2 cm³/mol. The average Bonchev–Trinajstić information content (AvgIpc) is 2.30. The predicted octanol–water partition coefficient (Wildman–Crippen LogP) is 1.25. The number of rotatable bonds is 6. The van der Waals surface area contributed by atoms with Crippen LogP contribution in [-0.2, 0) is 4.79 Å². The minimum absolute atomic E-state index is 0.208. The molecule has 0 aliphatic carbocycles. The Kier molecular flexibility index (Phi) is 6.85. The summed E-state index contributed by atoms with van der Waals surface area (Å²) in [5, 5.41) is 6.29. The quantitative estimate of drug-likeness (QED) is 0.675. The van der Waals surface area contributed by atoms with Crippen LogP contribution in [0.15, 0.2) is 0 Å². The zero-order valence-electron chi connectivity index (χ0n) is 9.55. The lowest BCUT2D eigenvalue weighted by Gasteiger charge is -2.21. The van der Waals surface area contributed by atoms with Gasteiger partial charge in [-0.3, -0.25) is 4.79 Å². The van der Waals surface area contributed by atoms with Crippen LogP contribution in [0.3, 0.4) is 0 Å². The Bertz CT molecular complexity index is 181. The molecule has 1 aliphatic heterocycles. The number of amides is 1. The van der Waals surface area contributed by atoms with Gasteiger partial charge in [-0.25, -0.2) is 0 Å². The van der Waals surface area contributed by atoms with Gasteiger partial charge >= 0.3 is 0 Å². The minimum Gasteiger partial charge on any atom is -0.356 e. The second-order valence-corrected chi connectivity index (χ2v) is 5.02. The maximum absolute atomic E-state index is 11.7. The Balaban J connectivity index is 2.02. The molecular weight excluding hydrogens is 208 g/mol. The highest BCUT2D eigenvalue weighted by molar-refractivity contribution is 7.98. The van der Waals surface area contributed by atoms with Gasteiger partial charge in [-0.1, -0.05) is 0 Å². The lowest BCUT2D eigenvalue weighted by molar-refractivity contribution is -0.125. The molecule has 1 aliphatic rings. The third-order valence-corrected chi connectivity index (χ3v) is 3.44. The molecule has 88 valence electrons. The first-order valence-corrected chi connectivity index (χ1v) is 7.21. The van der Waals surface area contributed by atoms with Crippen LogP contribution in [0.4, 0.5) is 0 Å². The summed E-state index contributed by atoms with van der Waals surface area (Å²) in [5.74, 6) is 1.64. The number of thioether (sulfide) groups is 1. The minimum atomic E-state index is 0.208. The molecule has 1 atom stereocenters. The molecule has 1 heterocycles. The maximum Gasteiger partial charge on any atom is 0.224 e. The van der Waals surface area contributed by atoms with Gasteiger partial charge in [0.1, 0.15) is 0 Å². The van der Waals surface area contributed by atoms with Crippen LogP contribution in [0.25, 0.3) is 0 Å². The summed E-state index contributed by atoms with van der Waals surface area (Å²) in [7, 11) is 0. The van der Waals surface area contributed by atoms with Crippen molar-refractivity contribution in [3.8, 4) is 0 Å². The molecule has 2 N–H and O–H groups in total. The van der Waals surface area contributed by atoms with Crippen molar-refractivity contribution in [2.45, 2.75) is 25.7 Å². The molecule has 0 unspecified atom stereocenters. The lowest BCUT2D eigenvalue weighted by Crippen LogP contribution is -2.40. The molecule has 0 spiro atoms. The second kappa shape index (κ2) is 7.99. The van der Waals surface area contributed by atoms with Gasteiger partial charge in [0, 0.05) is 13.1 Å². The number of carbonyl (C=O) groups excluding carboxylic acids is 1. The second-order valence-electron chi connectivity index (χ2n) is 4.03. The lowest BCUT2D eigenvalue weighted by atomic mass is 9.99. The summed E-state index contributed by atoms with van der Waals surface area (Å²) in [5.41, 5.74) is 0. The highest BCUT2D eigenvalue weighted by Gasteiger charge is 2.19. The van der Waals surface area contributed by atoms with E-state index >= 15 is 0 Å². The average molecular weight is 230 g/mol. The van der Waals surface area contributed by atoms with Gasteiger partial charge in [0.2, 0.25) is 5.91 Å². The monoisotopic (exact) mass is 230 g/mol. The summed E-state index contributed by atoms with van der Waals surface area (Å²) < 4.78 is 0. The van der Waals surface area contributed by atoms with Crippen molar-refractivity contribution in [2.24, 2.45) is 5.92 Å². The van der Waals surface area contributed by atoms with Crippen molar-refractivity contribution in [1.29, 1.82) is 0 Å². The van der Waals surface area contributed by atoms with Gasteiger partial charge in [0.15, 0.2) is 0 Å². The molecule has 3 nitrogen and oxygen atoms in total. The van der Waals surface area contributed by atoms with Gasteiger partial charge in [0.25, 0.3) is 0 Å². The number of hydrogen-bond acceptors (Lipinski definition) is 3. The van der Waals surface area contributed by atoms with E-state index in [4.69, 9.17) is 0 Å². The Labute approximate surface area is 96.8 Å². The third kappa shape index (κ3) is 5.42. The van der Waals surface area contributed by atoms with E-state index in [1.165, 1.54) is 12.2 Å².